The monoisotopic (exact) mass is 381 g/mol. The molecular weight excluding hydrogens is 366 g/mol. The molecule has 27 heavy (non-hydrogen) atoms. The Morgan fingerprint density at radius 2 is 1.89 bits per heavy atom. The van der Waals surface area contributed by atoms with E-state index in [9.17, 15) is 22.4 Å². The van der Waals surface area contributed by atoms with E-state index in [-0.39, 0.29) is 11.5 Å². The molecule has 2 N–H and O–H groups in total. The zero-order chi connectivity index (χ0) is 19.8. The van der Waals surface area contributed by atoms with Gasteiger partial charge in [-0.05, 0) is 31.5 Å². The number of carbonyl (C=O) groups is 1. The van der Waals surface area contributed by atoms with Crippen molar-refractivity contribution >= 4 is 11.6 Å². The standard InChI is InChI=1S/C17H15F4N5O/c1-9-15(22-16(27)13-7-14(24-23-13)17(19,20)21)10(2)26(25-9)8-11-3-5-12(18)6-4-11/h3-7H,8H2,1-2H3,(H,22,27)(H,23,24). The zero-order valence-corrected chi connectivity index (χ0v) is 14.4. The van der Waals surface area contributed by atoms with Gasteiger partial charge in [0.05, 0.1) is 23.6 Å². The van der Waals surface area contributed by atoms with Crippen LogP contribution >= 0.6 is 0 Å². The van der Waals surface area contributed by atoms with Crippen molar-refractivity contribution in [1.29, 1.82) is 0 Å². The van der Waals surface area contributed by atoms with E-state index in [1.807, 2.05) is 0 Å². The molecule has 10 heteroatoms. The number of benzene rings is 1. The summed E-state index contributed by atoms with van der Waals surface area (Å²) in [7, 11) is 0. The Labute approximate surface area is 151 Å². The van der Waals surface area contributed by atoms with Gasteiger partial charge < -0.3 is 5.32 Å². The number of aromatic amines is 1. The lowest BCUT2D eigenvalue weighted by Crippen LogP contribution is -2.14. The number of alkyl halides is 3. The van der Waals surface area contributed by atoms with Gasteiger partial charge in [-0.2, -0.15) is 23.4 Å². The van der Waals surface area contributed by atoms with E-state index in [2.05, 4.69) is 15.5 Å². The molecule has 0 aliphatic rings. The van der Waals surface area contributed by atoms with Gasteiger partial charge in [0.15, 0.2) is 5.69 Å². The average molecular weight is 381 g/mol. The predicted molar refractivity (Wildman–Crippen MR) is 88.7 cm³/mol. The van der Waals surface area contributed by atoms with E-state index in [1.54, 1.807) is 35.8 Å². The summed E-state index contributed by atoms with van der Waals surface area (Å²) in [5, 5.41) is 12.1. The molecule has 1 amide bonds. The molecule has 0 fully saturated rings. The molecule has 0 atom stereocenters. The molecule has 2 aromatic heterocycles. The lowest BCUT2D eigenvalue weighted by atomic mass is 10.2. The summed E-state index contributed by atoms with van der Waals surface area (Å²) in [5.74, 6) is -1.13. The van der Waals surface area contributed by atoms with Crippen molar-refractivity contribution < 1.29 is 22.4 Å². The van der Waals surface area contributed by atoms with Crippen molar-refractivity contribution in [2.24, 2.45) is 0 Å². The van der Waals surface area contributed by atoms with E-state index in [0.29, 0.717) is 29.7 Å². The number of hydrogen-bond acceptors (Lipinski definition) is 3. The van der Waals surface area contributed by atoms with Crippen LogP contribution in [-0.2, 0) is 12.7 Å². The van der Waals surface area contributed by atoms with E-state index < -0.39 is 17.8 Å². The van der Waals surface area contributed by atoms with E-state index >= 15 is 0 Å². The van der Waals surface area contributed by atoms with Crippen LogP contribution in [0.3, 0.4) is 0 Å². The van der Waals surface area contributed by atoms with Crippen LogP contribution in [0.4, 0.5) is 23.2 Å². The first-order valence-electron chi connectivity index (χ1n) is 7.87. The van der Waals surface area contributed by atoms with Gasteiger partial charge in [0, 0.05) is 6.07 Å². The maximum atomic E-state index is 13.0. The third kappa shape index (κ3) is 3.99. The van der Waals surface area contributed by atoms with Crippen LogP contribution in [0.2, 0.25) is 0 Å². The largest absolute Gasteiger partial charge is 0.432 e. The van der Waals surface area contributed by atoms with Crippen molar-refractivity contribution in [2.45, 2.75) is 26.6 Å². The smallest absolute Gasteiger partial charge is 0.317 e. The molecule has 2 heterocycles. The first kappa shape index (κ1) is 18.6. The molecule has 0 aliphatic heterocycles. The minimum Gasteiger partial charge on any atom is -0.317 e. The summed E-state index contributed by atoms with van der Waals surface area (Å²) >= 11 is 0. The number of H-pyrrole nitrogens is 1. The molecule has 0 aliphatic carbocycles. The highest BCUT2D eigenvalue weighted by atomic mass is 19.4. The molecule has 6 nitrogen and oxygen atoms in total. The minimum atomic E-state index is -4.61. The number of aryl methyl sites for hydroxylation is 1. The highest BCUT2D eigenvalue weighted by Crippen LogP contribution is 2.28. The molecule has 1 aromatic carbocycles. The van der Waals surface area contributed by atoms with Crippen molar-refractivity contribution in [3.63, 3.8) is 0 Å². The Morgan fingerprint density at radius 3 is 2.48 bits per heavy atom. The Balaban J connectivity index is 1.79. The highest BCUT2D eigenvalue weighted by molar-refractivity contribution is 6.03. The fourth-order valence-corrected chi connectivity index (χ4v) is 2.56. The third-order valence-corrected chi connectivity index (χ3v) is 3.98. The Morgan fingerprint density at radius 1 is 1.22 bits per heavy atom. The fourth-order valence-electron chi connectivity index (χ4n) is 2.56. The SMILES string of the molecule is Cc1nn(Cc2ccc(F)cc2)c(C)c1NC(=O)c1cc(C(F)(F)F)[nH]n1. The summed E-state index contributed by atoms with van der Waals surface area (Å²) in [6.45, 7) is 3.73. The van der Waals surface area contributed by atoms with Gasteiger partial charge >= 0.3 is 6.18 Å². The number of carbonyl (C=O) groups excluding carboxylic acids is 1. The maximum Gasteiger partial charge on any atom is 0.432 e. The summed E-state index contributed by atoms with van der Waals surface area (Å²) < 4.78 is 52.5. The van der Waals surface area contributed by atoms with Crippen molar-refractivity contribution in [3.8, 4) is 0 Å². The minimum absolute atomic E-state index is 0.350. The van der Waals surface area contributed by atoms with Crippen LogP contribution in [0.25, 0.3) is 0 Å². The maximum absolute atomic E-state index is 13.0. The first-order chi connectivity index (χ1) is 12.6. The van der Waals surface area contributed by atoms with Crippen LogP contribution in [0.5, 0.6) is 0 Å². The molecule has 0 radical (unpaired) electrons. The van der Waals surface area contributed by atoms with Crippen molar-refractivity contribution in [2.75, 3.05) is 5.32 Å². The molecular formula is C17H15F4N5O. The van der Waals surface area contributed by atoms with Gasteiger partial charge in [0.2, 0.25) is 0 Å². The van der Waals surface area contributed by atoms with Crippen molar-refractivity contribution in [3.05, 3.63) is 64.5 Å². The van der Waals surface area contributed by atoms with Crippen LogP contribution in [-0.4, -0.2) is 25.9 Å². The van der Waals surface area contributed by atoms with Gasteiger partial charge in [0.1, 0.15) is 11.5 Å². The molecule has 0 bridgehead atoms. The van der Waals surface area contributed by atoms with Crippen LogP contribution in [0.15, 0.2) is 30.3 Å². The Bertz CT molecular complexity index is 972. The molecule has 3 rings (SSSR count). The average Bonchev–Trinajstić information content (AvgIpc) is 3.18. The molecule has 0 saturated carbocycles. The molecule has 0 unspecified atom stereocenters. The number of anilines is 1. The highest BCUT2D eigenvalue weighted by Gasteiger charge is 2.34. The predicted octanol–water partition coefficient (Wildman–Crippen LogP) is 3.68. The van der Waals surface area contributed by atoms with E-state index in [1.165, 1.54) is 12.1 Å². The van der Waals surface area contributed by atoms with Gasteiger partial charge in [-0.15, -0.1) is 0 Å². The van der Waals surface area contributed by atoms with Gasteiger partial charge in [0.25, 0.3) is 5.91 Å². The van der Waals surface area contributed by atoms with E-state index in [4.69, 9.17) is 0 Å². The second-order valence-electron chi connectivity index (χ2n) is 5.95. The zero-order valence-electron chi connectivity index (χ0n) is 14.4. The summed E-state index contributed by atoms with van der Waals surface area (Å²) in [6.07, 6.45) is -4.61. The number of nitrogens with zero attached hydrogens (tertiary/aromatic N) is 3. The van der Waals surface area contributed by atoms with Crippen LogP contribution in [0.1, 0.15) is 33.1 Å². The summed E-state index contributed by atoms with van der Waals surface area (Å²) in [5.41, 5.74) is 0.812. The summed E-state index contributed by atoms with van der Waals surface area (Å²) in [4.78, 5) is 12.2. The molecule has 0 spiro atoms. The number of halogens is 4. The van der Waals surface area contributed by atoms with E-state index in [0.717, 1.165) is 5.56 Å². The normalized spacial score (nSPS) is 11.6. The number of hydrogen-bond donors (Lipinski definition) is 2. The molecule has 142 valence electrons. The van der Waals surface area contributed by atoms with Crippen molar-refractivity contribution in [1.82, 2.24) is 20.0 Å². The number of aromatic nitrogens is 4. The summed E-state index contributed by atoms with van der Waals surface area (Å²) in [6, 6.07) is 6.54. The van der Waals surface area contributed by atoms with Gasteiger partial charge in [-0.1, -0.05) is 12.1 Å². The quantitative estimate of drug-likeness (QED) is 0.677. The Hall–Kier alpha value is -3.17. The lowest BCUT2D eigenvalue weighted by Gasteiger charge is -2.06. The van der Waals surface area contributed by atoms with Gasteiger partial charge in [-0.25, -0.2) is 4.39 Å². The fraction of sp³-hybridized carbons (Fsp3) is 0.235. The third-order valence-electron chi connectivity index (χ3n) is 3.98. The van der Waals surface area contributed by atoms with Crippen LogP contribution < -0.4 is 5.32 Å². The molecule has 0 saturated heterocycles. The number of nitrogens with one attached hydrogen (secondary N) is 2. The second-order valence-corrected chi connectivity index (χ2v) is 5.95. The molecule has 3 aromatic rings. The van der Waals surface area contributed by atoms with Gasteiger partial charge in [-0.3, -0.25) is 14.6 Å². The number of rotatable bonds is 4. The second kappa shape index (κ2) is 6.86. The number of amides is 1. The topological polar surface area (TPSA) is 75.6 Å². The lowest BCUT2D eigenvalue weighted by molar-refractivity contribution is -0.141. The Kier molecular flexibility index (Phi) is 4.73. The first-order valence-corrected chi connectivity index (χ1v) is 7.87. The van der Waals surface area contributed by atoms with Crippen LogP contribution in [0, 0.1) is 19.7 Å².